The normalized spacial score (nSPS) is 17.8. The van der Waals surface area contributed by atoms with Crippen molar-refractivity contribution in [2.75, 3.05) is 14.1 Å². The molecule has 0 N–H and O–H groups in total. The SMILES string of the molecule is CN1C(=O)N(C)C(c2ccc3ccccc3c2)(C(C(=O)c2ccccc2)C(=O)c2ccccc2)C1=O. The number of urea groups is 1. The Hall–Kier alpha value is -4.58. The van der Waals surface area contributed by atoms with Gasteiger partial charge in [0.05, 0.1) is 0 Å². The summed E-state index contributed by atoms with van der Waals surface area (Å²) in [5.41, 5.74) is -0.884. The van der Waals surface area contributed by atoms with E-state index in [4.69, 9.17) is 0 Å². The van der Waals surface area contributed by atoms with Gasteiger partial charge in [-0.25, -0.2) is 4.79 Å². The summed E-state index contributed by atoms with van der Waals surface area (Å²) in [6.07, 6.45) is 0. The molecule has 0 spiro atoms. The van der Waals surface area contributed by atoms with Gasteiger partial charge in [-0.1, -0.05) is 97.1 Å². The molecule has 0 aromatic heterocycles. The number of nitrogens with zero attached hydrogens (tertiary/aromatic N) is 2. The zero-order valence-corrected chi connectivity index (χ0v) is 19.9. The third-order valence-electron chi connectivity index (χ3n) is 6.98. The molecule has 6 heteroatoms. The first-order valence-corrected chi connectivity index (χ1v) is 11.6. The molecule has 3 amide bonds. The maximum Gasteiger partial charge on any atom is 0.327 e. The van der Waals surface area contributed by atoms with Gasteiger partial charge in [0.2, 0.25) is 0 Å². The second-order valence-electron chi connectivity index (χ2n) is 8.93. The van der Waals surface area contributed by atoms with Crippen molar-refractivity contribution in [3.05, 3.63) is 120 Å². The zero-order valence-electron chi connectivity index (χ0n) is 19.9. The van der Waals surface area contributed by atoms with Crippen LogP contribution in [0, 0.1) is 5.92 Å². The van der Waals surface area contributed by atoms with Crippen LogP contribution >= 0.6 is 0 Å². The first-order chi connectivity index (χ1) is 17.4. The van der Waals surface area contributed by atoms with E-state index in [9.17, 15) is 19.2 Å². The number of rotatable bonds is 6. The molecule has 0 bridgehead atoms. The smallest absolute Gasteiger partial charge is 0.307 e. The van der Waals surface area contributed by atoms with Crippen LogP contribution in [0.1, 0.15) is 26.3 Å². The lowest BCUT2D eigenvalue weighted by atomic mass is 9.69. The molecular weight excluding hydrogens is 452 g/mol. The molecule has 0 saturated carbocycles. The van der Waals surface area contributed by atoms with Gasteiger partial charge in [-0.05, 0) is 22.4 Å². The molecule has 6 nitrogen and oxygen atoms in total. The monoisotopic (exact) mass is 476 g/mol. The number of likely N-dealkylation sites (N-methyl/N-ethyl adjacent to an activating group) is 2. The predicted molar refractivity (Wildman–Crippen MR) is 137 cm³/mol. The minimum Gasteiger partial charge on any atom is -0.307 e. The second-order valence-corrected chi connectivity index (χ2v) is 8.93. The van der Waals surface area contributed by atoms with E-state index in [0.717, 1.165) is 15.7 Å². The molecule has 0 aliphatic carbocycles. The van der Waals surface area contributed by atoms with Crippen molar-refractivity contribution in [3.63, 3.8) is 0 Å². The summed E-state index contributed by atoms with van der Waals surface area (Å²) in [6, 6.07) is 29.2. The van der Waals surface area contributed by atoms with Crippen molar-refractivity contribution >= 4 is 34.3 Å². The number of hydrogen-bond acceptors (Lipinski definition) is 4. The number of imide groups is 1. The van der Waals surface area contributed by atoms with Crippen LogP contribution < -0.4 is 0 Å². The quantitative estimate of drug-likeness (QED) is 0.224. The number of carbonyl (C=O) groups excluding carboxylic acids is 4. The number of fused-ring (bicyclic) bond motifs is 1. The highest BCUT2D eigenvalue weighted by Gasteiger charge is 2.64. The lowest BCUT2D eigenvalue weighted by Gasteiger charge is -2.39. The number of carbonyl (C=O) groups is 4. The van der Waals surface area contributed by atoms with Gasteiger partial charge in [0, 0.05) is 25.2 Å². The van der Waals surface area contributed by atoms with Crippen LogP contribution in [-0.2, 0) is 10.3 Å². The molecule has 1 unspecified atom stereocenters. The molecule has 1 heterocycles. The average Bonchev–Trinajstić information content (AvgIpc) is 3.10. The first kappa shape index (κ1) is 23.2. The summed E-state index contributed by atoms with van der Waals surface area (Å²) in [7, 11) is 2.85. The standard InChI is InChI=1S/C30H24N2O4/c1-31-28(35)30(32(2)29(31)36,24-18-17-20-11-9-10-16-23(20)19-24)25(26(33)21-12-5-3-6-13-21)27(34)22-14-7-4-8-15-22/h3-19,25H,1-2H3. The summed E-state index contributed by atoms with van der Waals surface area (Å²) >= 11 is 0. The number of amides is 3. The van der Waals surface area contributed by atoms with Gasteiger partial charge in [0.25, 0.3) is 5.91 Å². The number of Topliss-reactive ketones (excluding diaryl/α,β-unsaturated/α-hetero) is 2. The van der Waals surface area contributed by atoms with Crippen molar-refractivity contribution in [3.8, 4) is 0 Å². The van der Waals surface area contributed by atoms with Crippen LogP contribution in [0.2, 0.25) is 0 Å². The van der Waals surface area contributed by atoms with E-state index < -0.39 is 35.0 Å². The summed E-state index contributed by atoms with van der Waals surface area (Å²) in [5, 5.41) is 1.76. The lowest BCUT2D eigenvalue weighted by Crippen LogP contribution is -2.56. The van der Waals surface area contributed by atoms with E-state index in [1.807, 2.05) is 30.3 Å². The van der Waals surface area contributed by atoms with E-state index in [0.29, 0.717) is 5.56 Å². The molecule has 1 aliphatic heterocycles. The second kappa shape index (κ2) is 8.89. The summed E-state index contributed by atoms with van der Waals surface area (Å²) < 4.78 is 0. The summed E-state index contributed by atoms with van der Waals surface area (Å²) in [6.45, 7) is 0. The molecule has 0 radical (unpaired) electrons. The zero-order chi connectivity index (χ0) is 25.4. The maximum atomic E-state index is 14.2. The molecule has 1 aliphatic rings. The van der Waals surface area contributed by atoms with E-state index in [-0.39, 0.29) is 11.1 Å². The Morgan fingerprint density at radius 2 is 1.17 bits per heavy atom. The van der Waals surface area contributed by atoms with Gasteiger partial charge in [-0.15, -0.1) is 0 Å². The van der Waals surface area contributed by atoms with E-state index >= 15 is 0 Å². The van der Waals surface area contributed by atoms with Crippen LogP contribution in [0.5, 0.6) is 0 Å². The Balaban J connectivity index is 1.83. The van der Waals surface area contributed by atoms with Crippen molar-refractivity contribution in [2.45, 2.75) is 5.54 Å². The molecule has 5 rings (SSSR count). The Morgan fingerprint density at radius 1 is 0.667 bits per heavy atom. The van der Waals surface area contributed by atoms with E-state index in [2.05, 4.69) is 0 Å². The Labute approximate surface area is 208 Å². The topological polar surface area (TPSA) is 74.8 Å². The number of benzene rings is 4. The number of ketones is 2. The molecule has 178 valence electrons. The highest BCUT2D eigenvalue weighted by atomic mass is 16.2. The first-order valence-electron chi connectivity index (χ1n) is 11.6. The van der Waals surface area contributed by atoms with E-state index in [1.165, 1.54) is 19.0 Å². The largest absolute Gasteiger partial charge is 0.327 e. The third-order valence-corrected chi connectivity index (χ3v) is 6.98. The maximum absolute atomic E-state index is 14.2. The lowest BCUT2D eigenvalue weighted by molar-refractivity contribution is -0.134. The van der Waals surface area contributed by atoms with Crippen LogP contribution in [0.3, 0.4) is 0 Å². The van der Waals surface area contributed by atoms with Crippen LogP contribution in [0.4, 0.5) is 4.79 Å². The van der Waals surface area contributed by atoms with Crippen molar-refractivity contribution < 1.29 is 19.2 Å². The van der Waals surface area contributed by atoms with E-state index in [1.54, 1.807) is 72.8 Å². The molecule has 4 aromatic rings. The van der Waals surface area contributed by atoms with Crippen molar-refractivity contribution in [1.82, 2.24) is 9.80 Å². The minimum absolute atomic E-state index is 0.287. The van der Waals surface area contributed by atoms with Gasteiger partial charge in [-0.3, -0.25) is 19.3 Å². The van der Waals surface area contributed by atoms with Gasteiger partial charge in [-0.2, -0.15) is 0 Å². The van der Waals surface area contributed by atoms with Crippen LogP contribution in [0.15, 0.2) is 103 Å². The Kier molecular flexibility index (Phi) is 5.72. The summed E-state index contributed by atoms with van der Waals surface area (Å²) in [4.78, 5) is 57.8. The fourth-order valence-electron chi connectivity index (χ4n) is 5.13. The van der Waals surface area contributed by atoms with Gasteiger partial charge < -0.3 is 4.90 Å². The Bertz CT molecular complexity index is 1450. The van der Waals surface area contributed by atoms with Crippen molar-refractivity contribution in [2.24, 2.45) is 5.92 Å². The fourth-order valence-corrected chi connectivity index (χ4v) is 5.13. The molecule has 1 saturated heterocycles. The average molecular weight is 477 g/mol. The predicted octanol–water partition coefficient (Wildman–Crippen LogP) is 4.94. The molecular formula is C30H24N2O4. The third kappa shape index (κ3) is 3.41. The van der Waals surface area contributed by atoms with Crippen LogP contribution in [0.25, 0.3) is 10.8 Å². The fraction of sp³-hybridized carbons (Fsp3) is 0.133. The van der Waals surface area contributed by atoms with Crippen LogP contribution in [-0.4, -0.2) is 47.4 Å². The molecule has 1 atom stereocenters. The van der Waals surface area contributed by atoms with Crippen molar-refractivity contribution in [1.29, 1.82) is 0 Å². The minimum atomic E-state index is -1.87. The molecule has 1 fully saturated rings. The van der Waals surface area contributed by atoms with Gasteiger partial charge in [0.1, 0.15) is 5.92 Å². The summed E-state index contributed by atoms with van der Waals surface area (Å²) in [5.74, 6) is -3.18. The molecule has 36 heavy (non-hydrogen) atoms. The molecule has 4 aromatic carbocycles. The highest BCUT2D eigenvalue weighted by Crippen LogP contribution is 2.45. The number of hydrogen-bond donors (Lipinski definition) is 0. The highest BCUT2D eigenvalue weighted by molar-refractivity contribution is 6.22. The van der Waals surface area contributed by atoms with Gasteiger partial charge >= 0.3 is 6.03 Å². The Morgan fingerprint density at radius 3 is 1.67 bits per heavy atom. The van der Waals surface area contributed by atoms with Gasteiger partial charge in [0.15, 0.2) is 17.1 Å².